The fourth-order valence-corrected chi connectivity index (χ4v) is 9.93. The summed E-state index contributed by atoms with van der Waals surface area (Å²) in [5, 5.41) is 13.6. The molecule has 292 valence electrons. The van der Waals surface area contributed by atoms with Gasteiger partial charge in [-0.3, -0.25) is 0 Å². The molecule has 6 heteroatoms. The van der Waals surface area contributed by atoms with Crippen LogP contribution in [0.1, 0.15) is 0 Å². The van der Waals surface area contributed by atoms with Gasteiger partial charge in [-0.05, 0) is 75.5 Å². The van der Waals surface area contributed by atoms with Crippen LogP contribution in [-0.4, -0.2) is 19.5 Å². The number of benzene rings is 10. The SMILES string of the molecule is c1ccc(-c2nc(-c3ccc4c(ccc5oc6cccc(-n7c8cc9ccccc9cc8c8ccc9ccccc9c87)c6c54)c3)nc(-c3cccc4c3oc3ccccc34)n2)cc1. The van der Waals surface area contributed by atoms with Crippen molar-refractivity contribution in [1.82, 2.24) is 19.5 Å². The molecule has 0 aliphatic rings. The van der Waals surface area contributed by atoms with Crippen LogP contribution in [0.15, 0.2) is 203 Å². The van der Waals surface area contributed by atoms with Gasteiger partial charge in [0.1, 0.15) is 22.3 Å². The molecule has 0 aliphatic heterocycles. The number of rotatable bonds is 4. The van der Waals surface area contributed by atoms with Crippen LogP contribution in [-0.2, 0) is 0 Å². The number of furan rings is 2. The Hall–Kier alpha value is -8.61. The Kier molecular flexibility index (Phi) is 7.02. The Morgan fingerprint density at radius 1 is 0.349 bits per heavy atom. The van der Waals surface area contributed by atoms with E-state index in [0.717, 1.165) is 82.5 Å². The van der Waals surface area contributed by atoms with E-state index in [1.807, 2.05) is 60.7 Å². The highest BCUT2D eigenvalue weighted by molar-refractivity contribution is 6.25. The number of aromatic nitrogens is 4. The molecule has 0 unspecified atom stereocenters. The zero-order chi connectivity index (χ0) is 41.2. The summed E-state index contributed by atoms with van der Waals surface area (Å²) < 4.78 is 15.7. The van der Waals surface area contributed by atoms with E-state index in [0.29, 0.717) is 17.5 Å². The first-order chi connectivity index (χ1) is 31.2. The van der Waals surface area contributed by atoms with Crippen molar-refractivity contribution in [1.29, 1.82) is 0 Å². The maximum atomic E-state index is 6.73. The monoisotopic (exact) mass is 804 g/mol. The van der Waals surface area contributed by atoms with Crippen molar-refractivity contribution in [3.63, 3.8) is 0 Å². The van der Waals surface area contributed by atoms with Crippen molar-refractivity contribution in [2.75, 3.05) is 0 Å². The number of para-hydroxylation sites is 2. The average molecular weight is 805 g/mol. The molecule has 0 amide bonds. The van der Waals surface area contributed by atoms with Gasteiger partial charge in [-0.1, -0.05) is 146 Å². The number of nitrogens with zero attached hydrogens (tertiary/aromatic N) is 4. The molecule has 0 saturated carbocycles. The Morgan fingerprint density at radius 3 is 1.90 bits per heavy atom. The van der Waals surface area contributed by atoms with E-state index in [1.165, 1.54) is 37.8 Å². The summed E-state index contributed by atoms with van der Waals surface area (Å²) in [7, 11) is 0. The topological polar surface area (TPSA) is 69.9 Å². The van der Waals surface area contributed by atoms with Crippen LogP contribution in [0.4, 0.5) is 0 Å². The molecule has 0 aliphatic carbocycles. The zero-order valence-corrected chi connectivity index (χ0v) is 33.6. The molecule has 0 fully saturated rings. The molecule has 0 atom stereocenters. The second-order valence-electron chi connectivity index (χ2n) is 16.3. The van der Waals surface area contributed by atoms with Crippen molar-refractivity contribution in [3.05, 3.63) is 194 Å². The van der Waals surface area contributed by atoms with Gasteiger partial charge in [-0.15, -0.1) is 0 Å². The Labute approximate surface area is 358 Å². The summed E-state index contributed by atoms with van der Waals surface area (Å²) in [6.45, 7) is 0. The quantitative estimate of drug-likeness (QED) is 0.177. The van der Waals surface area contributed by atoms with E-state index >= 15 is 0 Å². The van der Waals surface area contributed by atoms with Gasteiger partial charge < -0.3 is 13.4 Å². The van der Waals surface area contributed by atoms with Crippen LogP contribution in [0.3, 0.4) is 0 Å². The molecule has 6 nitrogen and oxygen atoms in total. The summed E-state index contributed by atoms with van der Waals surface area (Å²) in [5.74, 6) is 1.73. The molecular formula is C57H32N4O2. The number of fused-ring (bicyclic) bond motifs is 14. The minimum Gasteiger partial charge on any atom is -0.456 e. The molecule has 4 heterocycles. The third-order valence-corrected chi connectivity index (χ3v) is 12.8. The predicted molar refractivity (Wildman–Crippen MR) is 258 cm³/mol. The van der Waals surface area contributed by atoms with Gasteiger partial charge in [0.2, 0.25) is 0 Å². The Bertz CT molecular complexity index is 4220. The smallest absolute Gasteiger partial charge is 0.167 e. The lowest BCUT2D eigenvalue weighted by molar-refractivity contribution is 0.669. The van der Waals surface area contributed by atoms with E-state index in [2.05, 4.69) is 138 Å². The summed E-state index contributed by atoms with van der Waals surface area (Å²) in [6, 6.07) is 68.0. The van der Waals surface area contributed by atoms with E-state index in [4.69, 9.17) is 23.8 Å². The zero-order valence-electron chi connectivity index (χ0n) is 33.6. The van der Waals surface area contributed by atoms with E-state index in [9.17, 15) is 0 Å². The summed E-state index contributed by atoms with van der Waals surface area (Å²) in [5.41, 5.74) is 9.27. The first-order valence-corrected chi connectivity index (χ1v) is 21.2. The summed E-state index contributed by atoms with van der Waals surface area (Å²) in [4.78, 5) is 15.4. The fourth-order valence-electron chi connectivity index (χ4n) is 9.93. The maximum absolute atomic E-state index is 6.73. The van der Waals surface area contributed by atoms with Crippen molar-refractivity contribution in [2.45, 2.75) is 0 Å². The molecule has 10 aromatic carbocycles. The average Bonchev–Trinajstić information content (AvgIpc) is 4.03. The summed E-state index contributed by atoms with van der Waals surface area (Å²) in [6.07, 6.45) is 0. The lowest BCUT2D eigenvalue weighted by Crippen LogP contribution is -2.00. The number of hydrogen-bond acceptors (Lipinski definition) is 5. The van der Waals surface area contributed by atoms with Crippen LogP contribution in [0, 0.1) is 0 Å². The molecule has 0 bridgehead atoms. The highest BCUT2D eigenvalue weighted by atomic mass is 16.3. The van der Waals surface area contributed by atoms with Crippen molar-refractivity contribution >= 4 is 98.0 Å². The first-order valence-electron chi connectivity index (χ1n) is 21.2. The lowest BCUT2D eigenvalue weighted by atomic mass is 10.00. The van der Waals surface area contributed by atoms with E-state index < -0.39 is 0 Å². The molecule has 4 aromatic heterocycles. The second kappa shape index (κ2) is 12.9. The molecule has 0 radical (unpaired) electrons. The van der Waals surface area contributed by atoms with Gasteiger partial charge in [0.15, 0.2) is 17.5 Å². The molecule has 0 saturated heterocycles. The minimum atomic E-state index is 0.552. The van der Waals surface area contributed by atoms with Crippen molar-refractivity contribution in [2.24, 2.45) is 0 Å². The van der Waals surface area contributed by atoms with Gasteiger partial charge in [0, 0.05) is 43.4 Å². The van der Waals surface area contributed by atoms with Crippen molar-refractivity contribution in [3.8, 4) is 39.9 Å². The van der Waals surface area contributed by atoms with Crippen LogP contribution >= 0.6 is 0 Å². The van der Waals surface area contributed by atoms with Crippen LogP contribution < -0.4 is 0 Å². The number of hydrogen-bond donors (Lipinski definition) is 0. The van der Waals surface area contributed by atoms with Crippen LogP contribution in [0.25, 0.3) is 138 Å². The van der Waals surface area contributed by atoms with Gasteiger partial charge in [0.25, 0.3) is 0 Å². The van der Waals surface area contributed by atoms with Crippen LogP contribution in [0.2, 0.25) is 0 Å². The highest BCUT2D eigenvalue weighted by Crippen LogP contribution is 2.44. The normalized spacial score (nSPS) is 12.1. The lowest BCUT2D eigenvalue weighted by Gasteiger charge is -2.12. The Balaban J connectivity index is 1.01. The third-order valence-electron chi connectivity index (χ3n) is 12.8. The summed E-state index contributed by atoms with van der Waals surface area (Å²) >= 11 is 0. The second-order valence-corrected chi connectivity index (χ2v) is 16.3. The highest BCUT2D eigenvalue weighted by Gasteiger charge is 2.22. The largest absolute Gasteiger partial charge is 0.456 e. The van der Waals surface area contributed by atoms with Gasteiger partial charge in [-0.25, -0.2) is 15.0 Å². The first kappa shape index (κ1) is 34.1. The van der Waals surface area contributed by atoms with Crippen LogP contribution in [0.5, 0.6) is 0 Å². The molecular weight excluding hydrogens is 773 g/mol. The van der Waals surface area contributed by atoms with Gasteiger partial charge >= 0.3 is 0 Å². The van der Waals surface area contributed by atoms with Gasteiger partial charge in [0.05, 0.1) is 27.7 Å². The predicted octanol–water partition coefficient (Wildman–Crippen LogP) is 15.2. The fraction of sp³-hybridized carbons (Fsp3) is 0. The molecule has 14 aromatic rings. The Morgan fingerprint density at radius 2 is 1.02 bits per heavy atom. The minimum absolute atomic E-state index is 0.552. The molecule has 63 heavy (non-hydrogen) atoms. The van der Waals surface area contributed by atoms with Crippen molar-refractivity contribution < 1.29 is 8.83 Å². The van der Waals surface area contributed by atoms with E-state index in [-0.39, 0.29) is 0 Å². The van der Waals surface area contributed by atoms with Gasteiger partial charge in [-0.2, -0.15) is 0 Å². The molecule has 14 rings (SSSR count). The maximum Gasteiger partial charge on any atom is 0.167 e. The van der Waals surface area contributed by atoms with E-state index in [1.54, 1.807) is 0 Å². The standard InChI is InChI=1S/C57H32N4O2/c1-2-13-34(14-3-1)55-58-56(60-57(59-55)44-20-10-19-43-41-18-8-9-22-48(41)63-54(43)44)38-25-27-39-37(30-38)26-29-50-51(39)52-46(21-11-23-49(52)62-50)61-47-32-36-16-5-4-15-35(36)31-45(47)42-28-24-33-12-6-7-17-40(33)53(42)61/h1-32H. The molecule has 0 N–H and O–H groups in total. The third kappa shape index (κ3) is 5.03. The molecule has 0 spiro atoms.